The van der Waals surface area contributed by atoms with Crippen LogP contribution in [0, 0.1) is 13.8 Å². The van der Waals surface area contributed by atoms with Gasteiger partial charge in [0.15, 0.2) is 5.89 Å². The number of esters is 1. The number of amides is 1. The van der Waals surface area contributed by atoms with Gasteiger partial charge in [0.25, 0.3) is 0 Å². The molecule has 0 aliphatic heterocycles. The Balaban J connectivity index is 2.13. The monoisotopic (exact) mass is 288 g/mol. The van der Waals surface area contributed by atoms with E-state index in [1.54, 1.807) is 38.1 Å². The Morgan fingerprint density at radius 3 is 2.62 bits per heavy atom. The first kappa shape index (κ1) is 14.8. The first-order valence-electron chi connectivity index (χ1n) is 6.41. The zero-order valence-electron chi connectivity index (χ0n) is 12.1. The summed E-state index contributed by atoms with van der Waals surface area (Å²) in [6, 6.07) is 6.66. The number of methoxy groups -OCH3 is 1. The van der Waals surface area contributed by atoms with Gasteiger partial charge >= 0.3 is 5.97 Å². The highest BCUT2D eigenvalue weighted by Crippen LogP contribution is 2.17. The molecular weight excluding hydrogens is 272 g/mol. The number of anilines is 1. The number of para-hydroxylation sites is 1. The topological polar surface area (TPSA) is 81.4 Å². The lowest BCUT2D eigenvalue weighted by atomic mass is 10.1. The maximum atomic E-state index is 12.1. The van der Waals surface area contributed by atoms with Crippen LogP contribution in [0.4, 0.5) is 5.69 Å². The van der Waals surface area contributed by atoms with Gasteiger partial charge in [-0.1, -0.05) is 12.1 Å². The molecule has 21 heavy (non-hydrogen) atoms. The van der Waals surface area contributed by atoms with Gasteiger partial charge in [0.1, 0.15) is 5.76 Å². The molecule has 0 radical (unpaired) electrons. The number of ether oxygens (including phenoxy) is 1. The van der Waals surface area contributed by atoms with Gasteiger partial charge in [-0.15, -0.1) is 0 Å². The Kier molecular flexibility index (Phi) is 4.37. The second-order valence-electron chi connectivity index (χ2n) is 4.50. The van der Waals surface area contributed by atoms with Crippen molar-refractivity contribution in [3.05, 3.63) is 47.2 Å². The van der Waals surface area contributed by atoms with Crippen LogP contribution in [0.5, 0.6) is 0 Å². The van der Waals surface area contributed by atoms with Gasteiger partial charge < -0.3 is 14.5 Å². The van der Waals surface area contributed by atoms with Crippen molar-refractivity contribution in [2.24, 2.45) is 0 Å². The first-order valence-corrected chi connectivity index (χ1v) is 6.41. The van der Waals surface area contributed by atoms with E-state index in [-0.39, 0.29) is 12.3 Å². The molecule has 1 amide bonds. The second-order valence-corrected chi connectivity index (χ2v) is 4.50. The highest BCUT2D eigenvalue weighted by Gasteiger charge is 2.16. The molecular formula is C15H16N2O4. The Morgan fingerprint density at radius 2 is 2.00 bits per heavy atom. The standard InChI is InChI=1S/C15H16N2O4/c1-9-13(21-10(2)16-9)8-14(18)17-12-7-5-4-6-11(12)15(19)20-3/h4-7H,8H2,1-3H3,(H,17,18). The minimum Gasteiger partial charge on any atom is -0.465 e. The molecule has 6 nitrogen and oxygen atoms in total. The molecule has 0 saturated carbocycles. The lowest BCUT2D eigenvalue weighted by Crippen LogP contribution is -2.17. The minimum atomic E-state index is -0.502. The predicted molar refractivity (Wildman–Crippen MR) is 76.1 cm³/mol. The van der Waals surface area contributed by atoms with E-state index in [0.29, 0.717) is 28.6 Å². The Labute approximate surface area is 122 Å². The highest BCUT2D eigenvalue weighted by atomic mass is 16.5. The fraction of sp³-hybridized carbons (Fsp3) is 0.267. The number of hydrogen-bond acceptors (Lipinski definition) is 5. The van der Waals surface area contributed by atoms with Crippen LogP contribution in [0.3, 0.4) is 0 Å². The summed E-state index contributed by atoms with van der Waals surface area (Å²) in [5.41, 5.74) is 1.39. The van der Waals surface area contributed by atoms with Crippen molar-refractivity contribution in [1.29, 1.82) is 0 Å². The summed E-state index contributed by atoms with van der Waals surface area (Å²) in [4.78, 5) is 27.8. The third-order valence-corrected chi connectivity index (χ3v) is 2.93. The molecule has 0 fully saturated rings. The smallest absolute Gasteiger partial charge is 0.339 e. The fourth-order valence-electron chi connectivity index (χ4n) is 1.96. The number of aromatic nitrogens is 1. The molecule has 0 atom stereocenters. The van der Waals surface area contributed by atoms with Gasteiger partial charge in [0.2, 0.25) is 5.91 Å². The molecule has 2 aromatic rings. The first-order chi connectivity index (χ1) is 10.0. The zero-order chi connectivity index (χ0) is 15.4. The fourth-order valence-corrected chi connectivity index (χ4v) is 1.96. The predicted octanol–water partition coefficient (Wildman–Crippen LogP) is 2.26. The molecule has 0 aliphatic rings. The lowest BCUT2D eigenvalue weighted by Gasteiger charge is -2.09. The number of oxazole rings is 1. The SMILES string of the molecule is COC(=O)c1ccccc1NC(=O)Cc1oc(C)nc1C. The van der Waals surface area contributed by atoms with Gasteiger partial charge in [-0.05, 0) is 19.1 Å². The van der Waals surface area contributed by atoms with Gasteiger partial charge in [0.05, 0.1) is 30.5 Å². The van der Waals surface area contributed by atoms with Crippen LogP contribution in [0.15, 0.2) is 28.7 Å². The largest absolute Gasteiger partial charge is 0.465 e. The number of carbonyl (C=O) groups excluding carboxylic acids is 2. The van der Waals surface area contributed by atoms with Crippen molar-refractivity contribution in [1.82, 2.24) is 4.98 Å². The molecule has 1 aromatic heterocycles. The molecule has 110 valence electrons. The van der Waals surface area contributed by atoms with Crippen molar-refractivity contribution in [3.63, 3.8) is 0 Å². The van der Waals surface area contributed by atoms with Crippen LogP contribution >= 0.6 is 0 Å². The third kappa shape index (κ3) is 3.47. The van der Waals surface area contributed by atoms with Gasteiger partial charge in [-0.3, -0.25) is 4.79 Å². The van der Waals surface area contributed by atoms with E-state index < -0.39 is 5.97 Å². The van der Waals surface area contributed by atoms with E-state index in [9.17, 15) is 9.59 Å². The number of nitrogens with one attached hydrogen (secondary N) is 1. The summed E-state index contributed by atoms with van der Waals surface area (Å²) in [7, 11) is 1.29. The quantitative estimate of drug-likeness (QED) is 0.873. The number of hydrogen-bond donors (Lipinski definition) is 1. The summed E-state index contributed by atoms with van der Waals surface area (Å²) >= 11 is 0. The molecule has 0 aliphatic carbocycles. The maximum Gasteiger partial charge on any atom is 0.339 e. The summed E-state index contributed by atoms with van der Waals surface area (Å²) in [6.07, 6.45) is 0.0577. The van der Waals surface area contributed by atoms with Gasteiger partial charge in [-0.2, -0.15) is 0 Å². The lowest BCUT2D eigenvalue weighted by molar-refractivity contribution is -0.115. The Bertz CT molecular complexity index is 676. The van der Waals surface area contributed by atoms with Crippen LogP contribution < -0.4 is 5.32 Å². The van der Waals surface area contributed by atoms with E-state index in [4.69, 9.17) is 4.42 Å². The van der Waals surface area contributed by atoms with Crippen molar-refractivity contribution < 1.29 is 18.7 Å². The summed E-state index contributed by atoms with van der Waals surface area (Å²) < 4.78 is 10.0. The van der Waals surface area contributed by atoms with Crippen molar-refractivity contribution in [2.45, 2.75) is 20.3 Å². The van der Waals surface area contributed by atoms with Gasteiger partial charge in [0, 0.05) is 6.92 Å². The summed E-state index contributed by atoms with van der Waals surface area (Å²) in [5, 5.41) is 2.68. The molecule has 6 heteroatoms. The molecule has 1 N–H and O–H groups in total. The Hall–Kier alpha value is -2.63. The number of aryl methyl sites for hydroxylation is 2. The van der Waals surface area contributed by atoms with Gasteiger partial charge in [-0.25, -0.2) is 9.78 Å². The molecule has 0 saturated heterocycles. The van der Waals surface area contributed by atoms with E-state index in [2.05, 4.69) is 15.0 Å². The van der Waals surface area contributed by atoms with Crippen molar-refractivity contribution >= 4 is 17.6 Å². The van der Waals surface area contributed by atoms with Crippen molar-refractivity contribution in [3.8, 4) is 0 Å². The van der Waals surface area contributed by atoms with Crippen molar-refractivity contribution in [2.75, 3.05) is 12.4 Å². The average molecular weight is 288 g/mol. The minimum absolute atomic E-state index is 0.0577. The summed E-state index contributed by atoms with van der Waals surface area (Å²) in [5.74, 6) is 0.244. The van der Waals surface area contributed by atoms with Crippen LogP contribution in [0.2, 0.25) is 0 Å². The number of carbonyl (C=O) groups is 2. The zero-order valence-corrected chi connectivity index (χ0v) is 12.1. The van der Waals surface area contributed by atoms with E-state index in [1.165, 1.54) is 7.11 Å². The average Bonchev–Trinajstić information content (AvgIpc) is 2.76. The number of nitrogens with zero attached hydrogens (tertiary/aromatic N) is 1. The van der Waals surface area contributed by atoms with E-state index in [1.807, 2.05) is 0 Å². The second kappa shape index (κ2) is 6.21. The van der Waals surface area contributed by atoms with E-state index in [0.717, 1.165) is 0 Å². The normalized spacial score (nSPS) is 10.2. The number of benzene rings is 1. The Morgan fingerprint density at radius 1 is 1.29 bits per heavy atom. The highest BCUT2D eigenvalue weighted by molar-refractivity contribution is 6.01. The maximum absolute atomic E-state index is 12.1. The van der Waals surface area contributed by atoms with Crippen LogP contribution in [-0.2, 0) is 16.0 Å². The molecule has 2 rings (SSSR count). The molecule has 1 heterocycles. The molecule has 0 bridgehead atoms. The van der Waals surface area contributed by atoms with Crippen LogP contribution in [-0.4, -0.2) is 24.0 Å². The van der Waals surface area contributed by atoms with Crippen LogP contribution in [0.1, 0.15) is 27.7 Å². The molecule has 1 aromatic carbocycles. The number of rotatable bonds is 4. The van der Waals surface area contributed by atoms with E-state index >= 15 is 0 Å². The third-order valence-electron chi connectivity index (χ3n) is 2.93. The molecule has 0 unspecified atom stereocenters. The summed E-state index contributed by atoms with van der Waals surface area (Å²) in [6.45, 7) is 3.50. The van der Waals surface area contributed by atoms with Crippen LogP contribution in [0.25, 0.3) is 0 Å². The molecule has 0 spiro atoms.